The summed E-state index contributed by atoms with van der Waals surface area (Å²) < 4.78 is 17.6. The van der Waals surface area contributed by atoms with Gasteiger partial charge >= 0.3 is 12.1 Å². The maximum Gasteiger partial charge on any atom is 0.419 e. The Morgan fingerprint density at radius 2 is 1.58 bits per heavy atom. The fourth-order valence-corrected chi connectivity index (χ4v) is 3.49. The number of ether oxygens (including phenoxy) is 3. The molecule has 0 amide bonds. The van der Waals surface area contributed by atoms with Crippen molar-refractivity contribution in [3.05, 3.63) is 60.3 Å². The largest absolute Gasteiger partial charge is 0.495 e. The predicted molar refractivity (Wildman–Crippen MR) is 120 cm³/mol. The second-order valence-corrected chi connectivity index (χ2v) is 8.35. The Balaban J connectivity index is 2.19. The number of carbonyl (C=O) groups excluding carboxylic acids is 2. The first kappa shape index (κ1) is 22.2. The number of nitrogens with zero attached hydrogens (tertiary/aromatic N) is 1. The van der Waals surface area contributed by atoms with Crippen LogP contribution in [0.3, 0.4) is 0 Å². The van der Waals surface area contributed by atoms with E-state index >= 15 is 0 Å². The molecule has 0 fully saturated rings. The summed E-state index contributed by atoms with van der Waals surface area (Å²) in [6.45, 7) is 7.13. The molecule has 0 saturated heterocycles. The highest BCUT2D eigenvalue weighted by atomic mass is 16.6. The van der Waals surface area contributed by atoms with Gasteiger partial charge in [-0.15, -0.1) is 0 Å². The van der Waals surface area contributed by atoms with Crippen molar-refractivity contribution in [1.82, 2.24) is 4.57 Å². The zero-order valence-corrected chi connectivity index (χ0v) is 18.7. The standard InChI is InChI=1S/C24H28N2O5/c1-23(2,3)31-22(28)26-15-17(16-11-7-9-13-19(16)26)24(4,21(27)30-6)25-18-12-8-10-14-20(18)29-5/h7-15,25H,1-6H3/t24-/m1/s1. The molecule has 0 saturated carbocycles. The second kappa shape index (κ2) is 8.34. The van der Waals surface area contributed by atoms with Crippen LogP contribution >= 0.6 is 0 Å². The number of hydrogen-bond donors (Lipinski definition) is 1. The summed E-state index contributed by atoms with van der Waals surface area (Å²) in [5.41, 5.74) is -0.150. The molecular weight excluding hydrogens is 396 g/mol. The first-order valence-corrected chi connectivity index (χ1v) is 9.94. The zero-order chi connectivity index (χ0) is 22.8. The molecule has 0 aliphatic rings. The molecule has 7 nitrogen and oxygen atoms in total. The minimum absolute atomic E-state index is 0.509. The highest BCUT2D eigenvalue weighted by Gasteiger charge is 2.40. The lowest BCUT2D eigenvalue weighted by atomic mass is 9.91. The first-order valence-electron chi connectivity index (χ1n) is 9.94. The summed E-state index contributed by atoms with van der Waals surface area (Å²) >= 11 is 0. The number of para-hydroxylation sites is 3. The third-order valence-electron chi connectivity index (χ3n) is 4.93. The normalized spacial score (nSPS) is 13.4. The SMILES string of the molecule is COC(=O)[C@](C)(Nc1ccccc1OC)c1cn(C(=O)OC(C)(C)C)c2ccccc12. The molecule has 0 bridgehead atoms. The van der Waals surface area contributed by atoms with Gasteiger partial charge in [-0.3, -0.25) is 4.57 Å². The van der Waals surface area contributed by atoms with Crippen LogP contribution < -0.4 is 10.1 Å². The van der Waals surface area contributed by atoms with Crippen molar-refractivity contribution in [2.75, 3.05) is 19.5 Å². The average molecular weight is 424 g/mol. The van der Waals surface area contributed by atoms with Crippen LogP contribution in [0.4, 0.5) is 10.5 Å². The molecule has 1 N–H and O–H groups in total. The van der Waals surface area contributed by atoms with Crippen LogP contribution in [0.25, 0.3) is 10.9 Å². The number of anilines is 1. The molecule has 0 aliphatic carbocycles. The van der Waals surface area contributed by atoms with E-state index in [4.69, 9.17) is 14.2 Å². The highest BCUT2D eigenvalue weighted by Crippen LogP contribution is 2.37. The summed E-state index contributed by atoms with van der Waals surface area (Å²) in [4.78, 5) is 25.9. The lowest BCUT2D eigenvalue weighted by Gasteiger charge is -2.29. The zero-order valence-electron chi connectivity index (χ0n) is 18.7. The van der Waals surface area contributed by atoms with Crippen LogP contribution in [0.5, 0.6) is 5.75 Å². The molecule has 31 heavy (non-hydrogen) atoms. The van der Waals surface area contributed by atoms with Crippen LogP contribution in [0.15, 0.2) is 54.7 Å². The third kappa shape index (κ3) is 4.35. The van der Waals surface area contributed by atoms with E-state index in [0.717, 1.165) is 5.39 Å². The molecule has 2 aromatic carbocycles. The van der Waals surface area contributed by atoms with Crippen molar-refractivity contribution >= 4 is 28.7 Å². The van der Waals surface area contributed by atoms with Crippen LogP contribution in [0, 0.1) is 0 Å². The summed E-state index contributed by atoms with van der Waals surface area (Å²) in [7, 11) is 2.89. The Hall–Kier alpha value is -3.48. The molecular formula is C24H28N2O5. The number of rotatable bonds is 5. The van der Waals surface area contributed by atoms with E-state index in [9.17, 15) is 9.59 Å². The van der Waals surface area contributed by atoms with Gasteiger partial charge in [0.05, 0.1) is 25.4 Å². The molecule has 0 aliphatic heterocycles. The number of methoxy groups -OCH3 is 2. The maximum atomic E-state index is 13.0. The van der Waals surface area contributed by atoms with Gasteiger partial charge in [0.2, 0.25) is 0 Å². The minimum atomic E-state index is -1.31. The number of carbonyl (C=O) groups is 2. The van der Waals surface area contributed by atoms with Gasteiger partial charge in [0.15, 0.2) is 5.54 Å². The molecule has 7 heteroatoms. The number of esters is 1. The van der Waals surface area contributed by atoms with Crippen molar-refractivity contribution in [3.8, 4) is 5.75 Å². The second-order valence-electron chi connectivity index (χ2n) is 8.35. The van der Waals surface area contributed by atoms with E-state index in [1.54, 1.807) is 47.1 Å². The maximum absolute atomic E-state index is 13.0. The molecule has 3 rings (SSSR count). The fourth-order valence-electron chi connectivity index (χ4n) is 3.49. The quantitative estimate of drug-likeness (QED) is 0.585. The van der Waals surface area contributed by atoms with E-state index in [1.165, 1.54) is 11.7 Å². The first-order chi connectivity index (χ1) is 14.6. The summed E-state index contributed by atoms with van der Waals surface area (Å²) in [5.74, 6) is 0.0685. The molecule has 1 atom stereocenters. The van der Waals surface area contributed by atoms with Crippen molar-refractivity contribution < 1.29 is 23.8 Å². The van der Waals surface area contributed by atoms with E-state index in [1.807, 2.05) is 42.5 Å². The van der Waals surface area contributed by atoms with Crippen molar-refractivity contribution in [2.45, 2.75) is 38.8 Å². The molecule has 0 radical (unpaired) electrons. The molecule has 1 aromatic heterocycles. The van der Waals surface area contributed by atoms with Gasteiger partial charge in [-0.25, -0.2) is 9.59 Å². The highest BCUT2D eigenvalue weighted by molar-refractivity contribution is 5.98. The number of fused-ring (bicyclic) bond motifs is 1. The van der Waals surface area contributed by atoms with Crippen LogP contribution in [-0.4, -0.2) is 36.5 Å². The smallest absolute Gasteiger partial charge is 0.419 e. The lowest BCUT2D eigenvalue weighted by Crippen LogP contribution is -2.41. The van der Waals surface area contributed by atoms with Gasteiger partial charge in [0.1, 0.15) is 11.4 Å². The third-order valence-corrected chi connectivity index (χ3v) is 4.93. The van der Waals surface area contributed by atoms with Gasteiger partial charge in [0.25, 0.3) is 0 Å². The van der Waals surface area contributed by atoms with Gasteiger partial charge in [-0.1, -0.05) is 30.3 Å². The summed E-state index contributed by atoms with van der Waals surface area (Å²) in [5, 5.41) is 4.00. The topological polar surface area (TPSA) is 78.8 Å². The van der Waals surface area contributed by atoms with Gasteiger partial charge in [-0.05, 0) is 45.9 Å². The molecule has 0 unspecified atom stereocenters. The number of benzene rings is 2. The lowest BCUT2D eigenvalue weighted by molar-refractivity contribution is -0.145. The molecule has 0 spiro atoms. The molecule has 164 valence electrons. The Kier molecular flexibility index (Phi) is 5.97. The Labute approximate surface area is 181 Å². The molecule has 1 heterocycles. The van der Waals surface area contributed by atoms with Gasteiger partial charge < -0.3 is 19.5 Å². The van der Waals surface area contributed by atoms with E-state index < -0.39 is 23.2 Å². The summed E-state index contributed by atoms with van der Waals surface area (Å²) in [6.07, 6.45) is 1.09. The number of aromatic nitrogens is 1. The van der Waals surface area contributed by atoms with Crippen LogP contribution in [0.1, 0.15) is 33.3 Å². The average Bonchev–Trinajstić information content (AvgIpc) is 3.13. The fraction of sp³-hybridized carbons (Fsp3) is 0.333. The Morgan fingerprint density at radius 3 is 2.23 bits per heavy atom. The number of nitrogens with one attached hydrogen (secondary N) is 1. The van der Waals surface area contributed by atoms with Crippen molar-refractivity contribution in [3.63, 3.8) is 0 Å². The van der Waals surface area contributed by atoms with Crippen LogP contribution in [0.2, 0.25) is 0 Å². The van der Waals surface area contributed by atoms with Gasteiger partial charge in [-0.2, -0.15) is 0 Å². The van der Waals surface area contributed by atoms with Crippen LogP contribution in [-0.2, 0) is 19.8 Å². The molecule has 3 aromatic rings. The van der Waals surface area contributed by atoms with E-state index in [-0.39, 0.29) is 0 Å². The minimum Gasteiger partial charge on any atom is -0.495 e. The Morgan fingerprint density at radius 1 is 0.935 bits per heavy atom. The van der Waals surface area contributed by atoms with E-state index in [2.05, 4.69) is 5.32 Å². The predicted octanol–water partition coefficient (Wildman–Crippen LogP) is 4.93. The van der Waals surface area contributed by atoms with Gasteiger partial charge in [0, 0.05) is 17.1 Å². The summed E-state index contributed by atoms with van der Waals surface area (Å²) in [6, 6.07) is 14.6. The van der Waals surface area contributed by atoms with Crippen molar-refractivity contribution in [1.29, 1.82) is 0 Å². The Bertz CT molecular complexity index is 1110. The monoisotopic (exact) mass is 424 g/mol. The van der Waals surface area contributed by atoms with Crippen molar-refractivity contribution in [2.24, 2.45) is 0 Å². The van der Waals surface area contributed by atoms with E-state index in [0.29, 0.717) is 22.5 Å². The number of hydrogen-bond acceptors (Lipinski definition) is 6.